The van der Waals surface area contributed by atoms with Gasteiger partial charge in [0.25, 0.3) is 0 Å². The van der Waals surface area contributed by atoms with Crippen molar-refractivity contribution < 1.29 is 5.11 Å². The zero-order chi connectivity index (χ0) is 26.6. The first-order valence-corrected chi connectivity index (χ1v) is 16.0. The fourth-order valence-electron chi connectivity index (χ4n) is 7.55. The molecule has 3 rings (SSSR count). The number of aryl methyl sites for hydroxylation is 2. The molecule has 0 saturated heterocycles. The fraction of sp³-hybridized carbons (Fsp3) is 0.722. The van der Waals surface area contributed by atoms with E-state index >= 15 is 0 Å². The van der Waals surface area contributed by atoms with Crippen LogP contribution < -0.4 is 0 Å². The Hall–Kier alpha value is -1.34. The molecular weight excluding hydrogens is 448 g/mol. The third-order valence-electron chi connectivity index (χ3n) is 9.92. The average Bonchev–Trinajstić information content (AvgIpc) is 2.92. The van der Waals surface area contributed by atoms with Crippen molar-refractivity contribution in [2.45, 2.75) is 136 Å². The molecule has 0 amide bonds. The molecule has 1 atom stereocenters. The van der Waals surface area contributed by atoms with E-state index in [1.807, 2.05) is 0 Å². The van der Waals surface area contributed by atoms with E-state index in [-0.39, 0.29) is 6.61 Å². The molecule has 0 aliphatic heterocycles. The number of hydrogen-bond donors (Lipinski definition) is 1. The second kappa shape index (κ2) is 15.9. The number of rotatable bonds is 15. The second-order valence-electron chi connectivity index (χ2n) is 12.9. The lowest BCUT2D eigenvalue weighted by molar-refractivity contribution is 0.140. The van der Waals surface area contributed by atoms with Crippen LogP contribution in [0.15, 0.2) is 42.5 Å². The van der Waals surface area contributed by atoms with Crippen LogP contribution in [0.2, 0.25) is 0 Å². The molecular formula is C36H58O. The van der Waals surface area contributed by atoms with E-state index in [1.165, 1.54) is 107 Å². The maximum absolute atomic E-state index is 9.52. The summed E-state index contributed by atoms with van der Waals surface area (Å²) in [5.41, 5.74) is 6.59. The van der Waals surface area contributed by atoms with Crippen LogP contribution in [0.4, 0.5) is 0 Å². The monoisotopic (exact) mass is 506 g/mol. The summed E-state index contributed by atoms with van der Waals surface area (Å²) in [6.45, 7) is 15.0. The molecule has 1 heteroatoms. The lowest BCUT2D eigenvalue weighted by Gasteiger charge is -2.38. The van der Waals surface area contributed by atoms with E-state index in [4.69, 9.17) is 0 Å². The van der Waals surface area contributed by atoms with Crippen molar-refractivity contribution in [3.05, 3.63) is 59.2 Å². The van der Waals surface area contributed by atoms with Crippen LogP contribution in [0.1, 0.15) is 140 Å². The third-order valence-corrected chi connectivity index (χ3v) is 9.92. The average molecular weight is 507 g/mol. The molecule has 2 fully saturated rings. The zero-order valence-electron chi connectivity index (χ0n) is 24.7. The van der Waals surface area contributed by atoms with Crippen molar-refractivity contribution in [3.63, 3.8) is 0 Å². The maximum Gasteiger partial charge on any atom is 0.0639 e. The first-order chi connectivity index (χ1) is 17.9. The molecule has 0 heterocycles. The summed E-state index contributed by atoms with van der Waals surface area (Å²) in [5.74, 6) is 4.41. The molecule has 2 aliphatic rings. The van der Waals surface area contributed by atoms with E-state index in [1.54, 1.807) is 5.56 Å². The highest BCUT2D eigenvalue weighted by atomic mass is 16.3. The summed E-state index contributed by atoms with van der Waals surface area (Å²) in [5, 5.41) is 9.52. The number of allylic oxidation sites excluding steroid dienone is 1. The van der Waals surface area contributed by atoms with Gasteiger partial charge in [0.1, 0.15) is 0 Å². The Balaban J connectivity index is 1.46. The Morgan fingerprint density at radius 2 is 1.46 bits per heavy atom. The first-order valence-electron chi connectivity index (χ1n) is 16.0. The summed E-state index contributed by atoms with van der Waals surface area (Å²) >= 11 is 0. The Kier molecular flexibility index (Phi) is 13.0. The van der Waals surface area contributed by atoms with Crippen LogP contribution >= 0.6 is 0 Å². The van der Waals surface area contributed by atoms with E-state index in [0.29, 0.717) is 5.92 Å². The largest absolute Gasteiger partial charge is 0.392 e. The SMILES string of the molecule is C=C(C)CC(CC(=C)CO)c1ccc(CCC2CCC(C3CCC(CCCCC)CC3)CC2)c(CC)c1. The minimum Gasteiger partial charge on any atom is -0.392 e. The van der Waals surface area contributed by atoms with Crippen molar-refractivity contribution in [1.82, 2.24) is 0 Å². The van der Waals surface area contributed by atoms with Crippen LogP contribution in [0.3, 0.4) is 0 Å². The molecule has 2 aliphatic carbocycles. The van der Waals surface area contributed by atoms with Crippen molar-refractivity contribution in [3.8, 4) is 0 Å². The standard InChI is InChI=1S/C36H58O/c1-6-8-9-10-29-11-17-33(18-12-29)34-19-14-30(15-20-34)13-16-32-21-22-35(25-31(32)7-2)36(23-27(3)4)24-28(5)26-37/h21-22,25,29-30,33-34,36-37H,3,5-20,23-24,26H2,1-2,4H3. The van der Waals surface area contributed by atoms with Gasteiger partial charge in [0, 0.05) is 0 Å². The van der Waals surface area contributed by atoms with Gasteiger partial charge in [-0.05, 0) is 111 Å². The van der Waals surface area contributed by atoms with Gasteiger partial charge in [0.15, 0.2) is 0 Å². The quantitative estimate of drug-likeness (QED) is 0.185. The first kappa shape index (κ1) is 30.2. The fourth-order valence-corrected chi connectivity index (χ4v) is 7.55. The lowest BCUT2D eigenvalue weighted by atomic mass is 9.68. The van der Waals surface area contributed by atoms with Crippen LogP contribution in [0.25, 0.3) is 0 Å². The normalized spacial score (nSPS) is 25.1. The van der Waals surface area contributed by atoms with Crippen molar-refractivity contribution in [2.75, 3.05) is 6.61 Å². The Labute approximate surface area is 230 Å². The number of aliphatic hydroxyl groups is 1. The molecule has 1 aromatic rings. The van der Waals surface area contributed by atoms with E-state index in [9.17, 15) is 5.11 Å². The summed E-state index contributed by atoms with van der Waals surface area (Å²) < 4.78 is 0. The highest BCUT2D eigenvalue weighted by Crippen LogP contribution is 2.43. The number of benzene rings is 1. The molecule has 2 saturated carbocycles. The van der Waals surface area contributed by atoms with E-state index < -0.39 is 0 Å². The third kappa shape index (κ3) is 9.72. The molecule has 208 valence electrons. The molecule has 1 unspecified atom stereocenters. The van der Waals surface area contributed by atoms with Crippen molar-refractivity contribution in [1.29, 1.82) is 0 Å². The van der Waals surface area contributed by atoms with Crippen LogP contribution in [0, 0.1) is 23.7 Å². The van der Waals surface area contributed by atoms with Gasteiger partial charge >= 0.3 is 0 Å². The number of hydrogen-bond acceptors (Lipinski definition) is 1. The highest BCUT2D eigenvalue weighted by molar-refractivity contribution is 5.35. The number of unbranched alkanes of at least 4 members (excludes halogenated alkanes) is 2. The van der Waals surface area contributed by atoms with Crippen LogP contribution in [0.5, 0.6) is 0 Å². The summed E-state index contributed by atoms with van der Waals surface area (Å²) in [6, 6.07) is 7.21. The maximum atomic E-state index is 9.52. The lowest BCUT2D eigenvalue weighted by Crippen LogP contribution is -2.26. The molecule has 0 aromatic heterocycles. The molecule has 0 radical (unpaired) electrons. The van der Waals surface area contributed by atoms with Gasteiger partial charge < -0.3 is 5.11 Å². The van der Waals surface area contributed by atoms with Gasteiger partial charge in [-0.25, -0.2) is 0 Å². The van der Waals surface area contributed by atoms with Gasteiger partial charge in [-0.3, -0.25) is 0 Å². The minimum absolute atomic E-state index is 0.0773. The van der Waals surface area contributed by atoms with Crippen molar-refractivity contribution in [2.24, 2.45) is 23.7 Å². The van der Waals surface area contributed by atoms with E-state index in [0.717, 1.165) is 48.5 Å². The molecule has 1 nitrogen and oxygen atoms in total. The Bertz CT molecular complexity index is 819. The van der Waals surface area contributed by atoms with Crippen LogP contribution in [-0.2, 0) is 12.8 Å². The van der Waals surface area contributed by atoms with Gasteiger partial charge in [0.05, 0.1) is 6.61 Å². The zero-order valence-corrected chi connectivity index (χ0v) is 24.7. The number of aliphatic hydroxyl groups excluding tert-OH is 1. The second-order valence-corrected chi connectivity index (χ2v) is 12.9. The molecule has 1 N–H and O–H groups in total. The highest BCUT2D eigenvalue weighted by Gasteiger charge is 2.30. The predicted octanol–water partition coefficient (Wildman–Crippen LogP) is 10.4. The summed E-state index contributed by atoms with van der Waals surface area (Å²) in [7, 11) is 0. The summed E-state index contributed by atoms with van der Waals surface area (Å²) in [4.78, 5) is 0. The molecule has 37 heavy (non-hydrogen) atoms. The van der Waals surface area contributed by atoms with Gasteiger partial charge in [-0.1, -0.05) is 101 Å². The molecule has 1 aromatic carbocycles. The minimum atomic E-state index is 0.0773. The van der Waals surface area contributed by atoms with Gasteiger partial charge in [-0.15, -0.1) is 6.58 Å². The van der Waals surface area contributed by atoms with Gasteiger partial charge in [-0.2, -0.15) is 0 Å². The van der Waals surface area contributed by atoms with E-state index in [2.05, 4.69) is 52.1 Å². The van der Waals surface area contributed by atoms with Crippen molar-refractivity contribution >= 4 is 0 Å². The predicted molar refractivity (Wildman–Crippen MR) is 162 cm³/mol. The molecule has 0 spiro atoms. The smallest absolute Gasteiger partial charge is 0.0639 e. The summed E-state index contributed by atoms with van der Waals surface area (Å²) in [6.07, 6.45) is 23.3. The topological polar surface area (TPSA) is 20.2 Å². The Morgan fingerprint density at radius 1 is 0.838 bits per heavy atom. The molecule has 0 bridgehead atoms. The van der Waals surface area contributed by atoms with Gasteiger partial charge in [0.2, 0.25) is 0 Å². The Morgan fingerprint density at radius 3 is 2.00 bits per heavy atom. The van der Waals surface area contributed by atoms with Crippen LogP contribution in [-0.4, -0.2) is 11.7 Å².